The van der Waals surface area contributed by atoms with Gasteiger partial charge in [0.15, 0.2) is 5.13 Å². The second-order valence-electron chi connectivity index (χ2n) is 5.71. The van der Waals surface area contributed by atoms with E-state index >= 15 is 0 Å². The highest BCUT2D eigenvalue weighted by Gasteiger charge is 2.25. The fraction of sp³-hybridized carbons (Fsp3) is 0.714. The van der Waals surface area contributed by atoms with Crippen LogP contribution in [0.4, 0.5) is 10.9 Å². The van der Waals surface area contributed by atoms with Crippen LogP contribution in [0.3, 0.4) is 0 Å². The van der Waals surface area contributed by atoms with Gasteiger partial charge >= 0.3 is 0 Å². The van der Waals surface area contributed by atoms with Crippen LogP contribution >= 0.6 is 11.3 Å². The molecule has 1 aromatic heterocycles. The van der Waals surface area contributed by atoms with Gasteiger partial charge in [0, 0.05) is 32.2 Å². The maximum Gasteiger partial charge on any atom is 0.267 e. The first-order valence-electron chi connectivity index (χ1n) is 7.48. The van der Waals surface area contributed by atoms with E-state index in [4.69, 9.17) is 11.5 Å². The summed E-state index contributed by atoms with van der Waals surface area (Å²) in [6, 6.07) is 0.464. The van der Waals surface area contributed by atoms with Crippen molar-refractivity contribution in [3.05, 3.63) is 4.88 Å². The Morgan fingerprint density at radius 1 is 1.52 bits per heavy atom. The summed E-state index contributed by atoms with van der Waals surface area (Å²) in [5.74, 6) is 0.296. The zero-order valence-electron chi connectivity index (χ0n) is 13.0. The third-order valence-electron chi connectivity index (χ3n) is 4.22. The van der Waals surface area contributed by atoms with Gasteiger partial charge in [0.05, 0.1) is 0 Å². The summed E-state index contributed by atoms with van der Waals surface area (Å²) in [6.07, 6.45) is 2.82. The second-order valence-corrected chi connectivity index (χ2v) is 6.69. The van der Waals surface area contributed by atoms with Crippen molar-refractivity contribution in [3.63, 3.8) is 0 Å². The van der Waals surface area contributed by atoms with Crippen molar-refractivity contribution < 1.29 is 4.79 Å². The van der Waals surface area contributed by atoms with E-state index in [-0.39, 0.29) is 18.0 Å². The van der Waals surface area contributed by atoms with E-state index < -0.39 is 0 Å². The molecule has 1 fully saturated rings. The molecule has 1 unspecified atom stereocenters. The number of nitrogens with two attached hydrogens (primary N) is 2. The number of rotatable bonds is 4. The van der Waals surface area contributed by atoms with Crippen molar-refractivity contribution in [2.45, 2.75) is 45.2 Å². The Kier molecular flexibility index (Phi) is 5.05. The molecule has 1 atom stereocenters. The molecule has 1 saturated heterocycles. The highest BCUT2D eigenvalue weighted by molar-refractivity contribution is 7.18. The first-order chi connectivity index (χ1) is 9.93. The number of anilines is 2. The number of nitrogens with zero attached hydrogens (tertiary/aromatic N) is 3. The van der Waals surface area contributed by atoms with Gasteiger partial charge in [0.2, 0.25) is 0 Å². The largest absolute Gasteiger partial charge is 0.382 e. The van der Waals surface area contributed by atoms with Gasteiger partial charge in [0.25, 0.3) is 5.91 Å². The lowest BCUT2D eigenvalue weighted by molar-refractivity contribution is 0.0746. The van der Waals surface area contributed by atoms with Crippen LogP contribution in [0.5, 0.6) is 0 Å². The predicted octanol–water partition coefficient (Wildman–Crippen LogP) is 1.52. The van der Waals surface area contributed by atoms with Crippen LogP contribution < -0.4 is 16.4 Å². The minimum atomic E-state index is -0.0423. The van der Waals surface area contributed by atoms with Crippen LogP contribution in [0.25, 0.3) is 0 Å². The molecule has 1 aliphatic heterocycles. The zero-order chi connectivity index (χ0) is 15.6. The van der Waals surface area contributed by atoms with Gasteiger partial charge in [-0.05, 0) is 26.2 Å². The van der Waals surface area contributed by atoms with E-state index in [0.717, 1.165) is 37.5 Å². The quantitative estimate of drug-likeness (QED) is 0.880. The highest BCUT2D eigenvalue weighted by atomic mass is 32.1. The van der Waals surface area contributed by atoms with Gasteiger partial charge < -0.3 is 21.3 Å². The fourth-order valence-electron chi connectivity index (χ4n) is 2.33. The number of piperidine rings is 1. The van der Waals surface area contributed by atoms with Crippen molar-refractivity contribution in [1.29, 1.82) is 0 Å². The molecule has 0 aliphatic carbocycles. The van der Waals surface area contributed by atoms with Crippen LogP contribution in [0.2, 0.25) is 0 Å². The van der Waals surface area contributed by atoms with Gasteiger partial charge in [-0.15, -0.1) is 0 Å². The van der Waals surface area contributed by atoms with Gasteiger partial charge in [-0.1, -0.05) is 18.3 Å². The molecule has 2 rings (SSSR count). The number of hydrogen-bond donors (Lipinski definition) is 2. The molecule has 0 aromatic carbocycles. The van der Waals surface area contributed by atoms with E-state index in [0.29, 0.717) is 10.7 Å². The lowest BCUT2D eigenvalue weighted by Crippen LogP contribution is -2.39. The molecule has 0 spiro atoms. The van der Waals surface area contributed by atoms with Gasteiger partial charge in [-0.25, -0.2) is 4.98 Å². The third-order valence-corrected chi connectivity index (χ3v) is 5.34. The lowest BCUT2D eigenvalue weighted by Gasteiger charge is -2.29. The van der Waals surface area contributed by atoms with Crippen molar-refractivity contribution in [2.75, 3.05) is 30.8 Å². The van der Waals surface area contributed by atoms with Gasteiger partial charge in [-0.3, -0.25) is 4.79 Å². The molecule has 2 heterocycles. The number of thiazole rings is 1. The number of carbonyl (C=O) groups excluding carboxylic acids is 1. The highest BCUT2D eigenvalue weighted by Crippen LogP contribution is 2.31. The summed E-state index contributed by atoms with van der Waals surface area (Å²) in [4.78, 5) is 21.3. The smallest absolute Gasteiger partial charge is 0.267 e. The van der Waals surface area contributed by atoms with E-state index in [1.54, 1.807) is 4.90 Å². The SMILES string of the molecule is CCC(C)N(C)C(=O)c1sc(N2CCC(N)CC2)nc1N. The monoisotopic (exact) mass is 311 g/mol. The first-order valence-corrected chi connectivity index (χ1v) is 8.29. The van der Waals surface area contributed by atoms with Gasteiger partial charge in [-0.2, -0.15) is 0 Å². The number of hydrogen-bond acceptors (Lipinski definition) is 6. The lowest BCUT2D eigenvalue weighted by atomic mass is 10.1. The molecule has 7 heteroatoms. The topological polar surface area (TPSA) is 88.5 Å². The maximum atomic E-state index is 12.5. The van der Waals surface area contributed by atoms with E-state index in [2.05, 4.69) is 16.8 Å². The number of carbonyl (C=O) groups is 1. The molecule has 0 bridgehead atoms. The molecule has 4 N–H and O–H groups in total. The summed E-state index contributed by atoms with van der Waals surface area (Å²) in [5.41, 5.74) is 11.9. The Bertz CT molecular complexity index is 496. The Labute approximate surface area is 130 Å². The summed E-state index contributed by atoms with van der Waals surface area (Å²) < 4.78 is 0. The molecule has 1 aliphatic rings. The minimum absolute atomic E-state index is 0.0423. The molecule has 1 amide bonds. The van der Waals surface area contributed by atoms with Crippen molar-refractivity contribution >= 4 is 28.2 Å². The molecular formula is C14H25N5OS. The maximum absolute atomic E-state index is 12.5. The normalized spacial score (nSPS) is 17.8. The number of nitrogen functional groups attached to an aromatic ring is 1. The first kappa shape index (κ1) is 16.0. The Morgan fingerprint density at radius 3 is 2.71 bits per heavy atom. The molecule has 0 saturated carbocycles. The standard InChI is InChI=1S/C14H25N5OS/c1-4-9(2)18(3)13(20)11-12(16)17-14(21-11)19-7-5-10(15)6-8-19/h9-10H,4-8,15-16H2,1-3H3. The predicted molar refractivity (Wildman–Crippen MR) is 87.8 cm³/mol. The number of aromatic nitrogens is 1. The summed E-state index contributed by atoms with van der Waals surface area (Å²) in [6.45, 7) is 5.85. The summed E-state index contributed by atoms with van der Waals surface area (Å²) >= 11 is 1.39. The zero-order valence-corrected chi connectivity index (χ0v) is 13.8. The van der Waals surface area contributed by atoms with Crippen LogP contribution in [-0.2, 0) is 0 Å². The van der Waals surface area contributed by atoms with Crippen molar-refractivity contribution in [2.24, 2.45) is 5.73 Å². The van der Waals surface area contributed by atoms with Crippen LogP contribution in [0.15, 0.2) is 0 Å². The summed E-state index contributed by atoms with van der Waals surface area (Å²) in [7, 11) is 1.81. The summed E-state index contributed by atoms with van der Waals surface area (Å²) in [5, 5.41) is 0.834. The molecule has 6 nitrogen and oxygen atoms in total. The third kappa shape index (κ3) is 3.47. The van der Waals surface area contributed by atoms with Crippen LogP contribution in [0.1, 0.15) is 42.8 Å². The average Bonchev–Trinajstić information content (AvgIpc) is 2.87. The van der Waals surface area contributed by atoms with E-state index in [9.17, 15) is 4.79 Å². The molecular weight excluding hydrogens is 286 g/mol. The van der Waals surface area contributed by atoms with Crippen molar-refractivity contribution in [1.82, 2.24) is 9.88 Å². The molecule has 118 valence electrons. The molecule has 21 heavy (non-hydrogen) atoms. The van der Waals surface area contributed by atoms with Gasteiger partial charge in [0.1, 0.15) is 10.7 Å². The Balaban J connectivity index is 2.13. The minimum Gasteiger partial charge on any atom is -0.382 e. The second kappa shape index (κ2) is 6.62. The fourth-order valence-corrected chi connectivity index (χ4v) is 3.35. The molecule has 0 radical (unpaired) electrons. The van der Waals surface area contributed by atoms with Crippen molar-refractivity contribution in [3.8, 4) is 0 Å². The molecule has 1 aromatic rings. The number of amides is 1. The van der Waals surface area contributed by atoms with Crippen LogP contribution in [0, 0.1) is 0 Å². The van der Waals surface area contributed by atoms with E-state index in [1.165, 1.54) is 11.3 Å². The van der Waals surface area contributed by atoms with E-state index in [1.807, 2.05) is 14.0 Å². The van der Waals surface area contributed by atoms with Crippen LogP contribution in [-0.4, -0.2) is 48.0 Å². The Morgan fingerprint density at radius 2 is 2.14 bits per heavy atom. The Hall–Kier alpha value is -1.34. The average molecular weight is 311 g/mol.